The quantitative estimate of drug-likeness (QED) is 0.496. The Bertz CT molecular complexity index is 1430. The van der Waals surface area contributed by atoms with E-state index < -0.39 is 0 Å². The van der Waals surface area contributed by atoms with Gasteiger partial charge in [-0.3, -0.25) is 4.79 Å². The molecule has 6 heteroatoms. The van der Waals surface area contributed by atoms with Crippen LogP contribution in [-0.2, 0) is 6.42 Å². The molecule has 1 amide bonds. The van der Waals surface area contributed by atoms with Crippen molar-refractivity contribution in [3.8, 4) is 12.3 Å². The Labute approximate surface area is 185 Å². The van der Waals surface area contributed by atoms with Gasteiger partial charge in [0.25, 0.3) is 5.91 Å². The molecular formula is C26H21N5O. The number of aromatic nitrogens is 3. The highest BCUT2D eigenvalue weighted by Gasteiger charge is 2.29. The summed E-state index contributed by atoms with van der Waals surface area (Å²) in [6.07, 6.45) is 9.86. The summed E-state index contributed by atoms with van der Waals surface area (Å²) in [4.78, 5) is 17.5. The van der Waals surface area contributed by atoms with Gasteiger partial charge in [0, 0.05) is 29.6 Å². The van der Waals surface area contributed by atoms with Crippen molar-refractivity contribution in [2.45, 2.75) is 19.4 Å². The van der Waals surface area contributed by atoms with Gasteiger partial charge < -0.3 is 11.1 Å². The number of hydrogen-bond acceptors (Lipinski definition) is 4. The van der Waals surface area contributed by atoms with Crippen molar-refractivity contribution in [1.29, 1.82) is 0 Å². The van der Waals surface area contributed by atoms with Crippen LogP contribution < -0.4 is 11.1 Å². The van der Waals surface area contributed by atoms with Crippen LogP contribution in [0.15, 0.2) is 72.6 Å². The van der Waals surface area contributed by atoms with E-state index in [4.69, 9.17) is 12.2 Å². The summed E-state index contributed by atoms with van der Waals surface area (Å²) >= 11 is 0. The Kier molecular flexibility index (Phi) is 4.72. The van der Waals surface area contributed by atoms with Gasteiger partial charge in [0.2, 0.25) is 0 Å². The minimum absolute atomic E-state index is 0.148. The van der Waals surface area contributed by atoms with Crippen molar-refractivity contribution in [3.05, 3.63) is 100 Å². The number of carbonyl (C=O) groups is 1. The van der Waals surface area contributed by atoms with E-state index in [0.29, 0.717) is 12.1 Å². The summed E-state index contributed by atoms with van der Waals surface area (Å²) in [5, 5.41) is 7.30. The summed E-state index contributed by atoms with van der Waals surface area (Å²) in [7, 11) is 0. The summed E-state index contributed by atoms with van der Waals surface area (Å²) in [6.45, 7) is 1.98. The molecule has 0 saturated carbocycles. The number of hydrogen-bond donors (Lipinski definition) is 2. The van der Waals surface area contributed by atoms with E-state index in [1.54, 1.807) is 18.5 Å². The Balaban J connectivity index is 1.57. The lowest BCUT2D eigenvalue weighted by atomic mass is 9.92. The molecular weight excluding hydrogens is 398 g/mol. The van der Waals surface area contributed by atoms with Gasteiger partial charge in [0.1, 0.15) is 5.56 Å². The number of anilines is 1. The average Bonchev–Trinajstić information content (AvgIpc) is 3.36. The largest absolute Gasteiger partial charge is 0.381 e. The molecule has 156 valence electrons. The number of rotatable bonds is 4. The molecule has 0 aliphatic heterocycles. The van der Waals surface area contributed by atoms with E-state index >= 15 is 0 Å². The molecule has 1 atom stereocenters. The second kappa shape index (κ2) is 7.71. The number of terminal acetylenes is 1. The molecule has 0 bridgehead atoms. The molecule has 1 aliphatic carbocycles. The lowest BCUT2D eigenvalue weighted by Gasteiger charge is -2.18. The highest BCUT2D eigenvalue weighted by Crippen LogP contribution is 2.40. The van der Waals surface area contributed by atoms with Gasteiger partial charge in [-0.1, -0.05) is 48.4 Å². The van der Waals surface area contributed by atoms with Gasteiger partial charge in [0.05, 0.1) is 0 Å². The van der Waals surface area contributed by atoms with Crippen LogP contribution in [0.25, 0.3) is 11.2 Å². The van der Waals surface area contributed by atoms with Gasteiger partial charge in [0.15, 0.2) is 11.5 Å². The van der Waals surface area contributed by atoms with Crippen LogP contribution in [0, 0.1) is 12.3 Å². The SMILES string of the molecule is C#Cc1cccc2c1C(c1ccccc1)=C(C(C)NC(=O)c1c(N)nn3cccnc13)C2. The molecule has 0 radical (unpaired) electrons. The third-order valence-corrected chi connectivity index (χ3v) is 5.84. The molecule has 32 heavy (non-hydrogen) atoms. The summed E-state index contributed by atoms with van der Waals surface area (Å²) in [6, 6.07) is 17.6. The molecule has 1 aliphatic rings. The fourth-order valence-electron chi connectivity index (χ4n) is 4.40. The van der Waals surface area contributed by atoms with Crippen molar-refractivity contribution >= 4 is 22.9 Å². The number of nitrogens with two attached hydrogens (primary N) is 1. The first-order chi connectivity index (χ1) is 15.6. The Morgan fingerprint density at radius 2 is 2.00 bits per heavy atom. The number of carbonyl (C=O) groups excluding carboxylic acids is 1. The molecule has 1 unspecified atom stereocenters. The molecule has 0 saturated heterocycles. The third kappa shape index (κ3) is 3.12. The standard InChI is InChI=1S/C26H21N5O/c1-3-17-11-7-12-19-15-20(22(21(17)19)18-9-5-4-6-10-18)16(2)29-26(32)23-24(27)30-31-14-8-13-28-25(23)31/h1,4-14,16H,15H2,2H3,(H2,27,30)(H,29,32). The van der Waals surface area contributed by atoms with Crippen LogP contribution in [0.3, 0.4) is 0 Å². The van der Waals surface area contributed by atoms with Crippen LogP contribution in [-0.4, -0.2) is 26.5 Å². The number of amides is 1. The Hall–Kier alpha value is -4.37. The van der Waals surface area contributed by atoms with Crippen LogP contribution >= 0.6 is 0 Å². The molecule has 3 N–H and O–H groups in total. The first kappa shape index (κ1) is 19.6. The van der Waals surface area contributed by atoms with Gasteiger partial charge >= 0.3 is 0 Å². The molecule has 6 nitrogen and oxygen atoms in total. The normalized spacial score (nSPS) is 13.6. The van der Waals surface area contributed by atoms with E-state index in [9.17, 15) is 4.79 Å². The monoisotopic (exact) mass is 419 g/mol. The molecule has 2 heterocycles. The van der Waals surface area contributed by atoms with Crippen molar-refractivity contribution in [2.75, 3.05) is 5.73 Å². The summed E-state index contributed by atoms with van der Waals surface area (Å²) in [5.41, 5.74) is 13.1. The highest BCUT2D eigenvalue weighted by atomic mass is 16.1. The second-order valence-corrected chi connectivity index (χ2v) is 7.77. The lowest BCUT2D eigenvalue weighted by molar-refractivity contribution is 0.0947. The molecule has 0 fully saturated rings. The maximum atomic E-state index is 13.2. The van der Waals surface area contributed by atoms with Crippen LogP contribution in [0.4, 0.5) is 5.82 Å². The van der Waals surface area contributed by atoms with Crippen molar-refractivity contribution < 1.29 is 4.79 Å². The van der Waals surface area contributed by atoms with Crippen LogP contribution in [0.1, 0.15) is 39.5 Å². The van der Waals surface area contributed by atoms with Gasteiger partial charge in [-0.15, -0.1) is 11.5 Å². The number of nitrogens with zero attached hydrogens (tertiary/aromatic N) is 3. The minimum atomic E-state index is -0.309. The Morgan fingerprint density at radius 3 is 2.78 bits per heavy atom. The zero-order valence-corrected chi connectivity index (χ0v) is 17.5. The molecule has 0 spiro atoms. The van der Waals surface area contributed by atoms with Crippen LogP contribution in [0.2, 0.25) is 0 Å². The van der Waals surface area contributed by atoms with E-state index in [1.807, 2.05) is 37.3 Å². The lowest BCUT2D eigenvalue weighted by Crippen LogP contribution is -2.34. The van der Waals surface area contributed by atoms with E-state index in [0.717, 1.165) is 33.4 Å². The number of nitrogen functional groups attached to an aromatic ring is 1. The minimum Gasteiger partial charge on any atom is -0.381 e. The van der Waals surface area contributed by atoms with Gasteiger partial charge in [-0.25, -0.2) is 9.50 Å². The second-order valence-electron chi connectivity index (χ2n) is 7.77. The summed E-state index contributed by atoms with van der Waals surface area (Å²) in [5.74, 6) is 2.66. The van der Waals surface area contributed by atoms with E-state index in [1.165, 1.54) is 4.52 Å². The van der Waals surface area contributed by atoms with E-state index in [2.05, 4.69) is 39.5 Å². The zero-order valence-electron chi connectivity index (χ0n) is 17.5. The molecule has 5 rings (SSSR count). The van der Waals surface area contributed by atoms with Gasteiger partial charge in [-0.2, -0.15) is 0 Å². The van der Waals surface area contributed by atoms with E-state index in [-0.39, 0.29) is 23.3 Å². The molecule has 4 aromatic rings. The third-order valence-electron chi connectivity index (χ3n) is 5.84. The summed E-state index contributed by atoms with van der Waals surface area (Å²) < 4.78 is 1.51. The maximum absolute atomic E-state index is 13.2. The smallest absolute Gasteiger partial charge is 0.259 e. The zero-order chi connectivity index (χ0) is 22.2. The van der Waals surface area contributed by atoms with Gasteiger partial charge in [-0.05, 0) is 47.8 Å². The fraction of sp³-hybridized carbons (Fsp3) is 0.115. The fourth-order valence-corrected chi connectivity index (χ4v) is 4.40. The first-order valence-electron chi connectivity index (χ1n) is 10.4. The number of fused-ring (bicyclic) bond motifs is 2. The van der Waals surface area contributed by atoms with Crippen molar-refractivity contribution in [3.63, 3.8) is 0 Å². The van der Waals surface area contributed by atoms with Crippen molar-refractivity contribution in [1.82, 2.24) is 19.9 Å². The Morgan fingerprint density at radius 1 is 1.19 bits per heavy atom. The number of benzene rings is 2. The number of nitrogens with one attached hydrogen (secondary N) is 1. The average molecular weight is 419 g/mol. The molecule has 2 aromatic carbocycles. The maximum Gasteiger partial charge on any atom is 0.259 e. The predicted octanol–water partition coefficient (Wildman–Crippen LogP) is 3.47. The highest BCUT2D eigenvalue weighted by molar-refractivity contribution is 6.04. The van der Waals surface area contributed by atoms with Crippen molar-refractivity contribution in [2.24, 2.45) is 0 Å². The predicted molar refractivity (Wildman–Crippen MR) is 125 cm³/mol. The first-order valence-corrected chi connectivity index (χ1v) is 10.4. The van der Waals surface area contributed by atoms with Crippen LogP contribution in [0.5, 0.6) is 0 Å². The topological polar surface area (TPSA) is 85.3 Å². The molecule has 2 aromatic heterocycles.